The van der Waals surface area contributed by atoms with E-state index in [4.69, 9.17) is 0 Å². The van der Waals surface area contributed by atoms with Crippen LogP contribution in [0.3, 0.4) is 0 Å². The fourth-order valence-electron chi connectivity index (χ4n) is 1.88. The first-order valence-electron chi connectivity index (χ1n) is 6.33. The summed E-state index contributed by atoms with van der Waals surface area (Å²) in [6, 6.07) is 14.3. The second-order valence-electron chi connectivity index (χ2n) is 4.46. The summed E-state index contributed by atoms with van der Waals surface area (Å²) in [6.45, 7) is 2.10. The third-order valence-electron chi connectivity index (χ3n) is 2.83. The minimum atomic E-state index is 0.731. The lowest BCUT2D eigenvalue weighted by Gasteiger charge is -2.03. The van der Waals surface area contributed by atoms with Gasteiger partial charge in [0.1, 0.15) is 5.03 Å². The Bertz CT molecular complexity index is 677. The Balaban J connectivity index is 1.67. The van der Waals surface area contributed by atoms with E-state index in [0.717, 1.165) is 16.6 Å². The molecular formula is C15H14N4S. The van der Waals surface area contributed by atoms with Gasteiger partial charge in [-0.05, 0) is 30.7 Å². The average molecular weight is 282 g/mol. The Hall–Kier alpha value is -2.14. The van der Waals surface area contributed by atoms with Crippen molar-refractivity contribution in [1.82, 2.24) is 20.0 Å². The van der Waals surface area contributed by atoms with Gasteiger partial charge in [0.25, 0.3) is 0 Å². The van der Waals surface area contributed by atoms with Crippen LogP contribution in [-0.2, 0) is 5.75 Å². The van der Waals surface area contributed by atoms with E-state index in [-0.39, 0.29) is 0 Å². The topological polar surface area (TPSA) is 43.6 Å². The predicted molar refractivity (Wildman–Crippen MR) is 79.9 cm³/mol. The van der Waals surface area contributed by atoms with Crippen LogP contribution in [0.25, 0.3) is 5.82 Å². The number of hydrogen-bond acceptors (Lipinski definition) is 4. The molecule has 0 aliphatic heterocycles. The SMILES string of the molecule is Cc1cccc(CSc2ccc(-n3cccn3)nn2)c1. The van der Waals surface area contributed by atoms with Gasteiger partial charge in [0.15, 0.2) is 5.82 Å². The molecule has 0 N–H and O–H groups in total. The standard InChI is InChI=1S/C15H14N4S/c1-12-4-2-5-13(10-12)11-20-15-7-6-14(17-18-15)19-9-3-8-16-19/h2-10H,11H2,1H3. The maximum Gasteiger partial charge on any atom is 0.175 e. The largest absolute Gasteiger partial charge is 0.221 e. The molecule has 0 fully saturated rings. The van der Waals surface area contributed by atoms with Crippen molar-refractivity contribution < 1.29 is 0 Å². The van der Waals surface area contributed by atoms with Crippen LogP contribution >= 0.6 is 11.8 Å². The normalized spacial score (nSPS) is 10.7. The molecule has 0 saturated heterocycles. The van der Waals surface area contributed by atoms with Crippen LogP contribution in [-0.4, -0.2) is 20.0 Å². The Labute approximate surface area is 121 Å². The zero-order valence-electron chi connectivity index (χ0n) is 11.1. The quantitative estimate of drug-likeness (QED) is 0.689. The number of aryl methyl sites for hydroxylation is 1. The van der Waals surface area contributed by atoms with Gasteiger partial charge < -0.3 is 0 Å². The molecule has 5 heteroatoms. The number of aromatic nitrogens is 4. The highest BCUT2D eigenvalue weighted by molar-refractivity contribution is 7.98. The highest BCUT2D eigenvalue weighted by Crippen LogP contribution is 2.21. The Morgan fingerprint density at radius 1 is 1.10 bits per heavy atom. The first-order valence-corrected chi connectivity index (χ1v) is 7.32. The van der Waals surface area contributed by atoms with Crippen LogP contribution in [0.1, 0.15) is 11.1 Å². The fraction of sp³-hybridized carbons (Fsp3) is 0.133. The van der Waals surface area contributed by atoms with E-state index in [1.165, 1.54) is 11.1 Å². The Morgan fingerprint density at radius 2 is 2.05 bits per heavy atom. The molecule has 3 rings (SSSR count). The Morgan fingerprint density at radius 3 is 2.75 bits per heavy atom. The highest BCUT2D eigenvalue weighted by Gasteiger charge is 2.02. The molecule has 1 aromatic carbocycles. The molecule has 0 spiro atoms. The van der Waals surface area contributed by atoms with E-state index in [1.807, 2.05) is 24.4 Å². The lowest BCUT2D eigenvalue weighted by atomic mass is 10.2. The van der Waals surface area contributed by atoms with Gasteiger partial charge in [-0.1, -0.05) is 41.6 Å². The molecule has 100 valence electrons. The Kier molecular flexibility index (Phi) is 3.78. The minimum Gasteiger partial charge on any atom is -0.221 e. The van der Waals surface area contributed by atoms with E-state index in [9.17, 15) is 0 Å². The monoisotopic (exact) mass is 282 g/mol. The van der Waals surface area contributed by atoms with E-state index in [2.05, 4.69) is 46.5 Å². The summed E-state index contributed by atoms with van der Waals surface area (Å²) in [7, 11) is 0. The van der Waals surface area contributed by atoms with Gasteiger partial charge in [-0.2, -0.15) is 5.10 Å². The summed E-state index contributed by atoms with van der Waals surface area (Å²) < 4.78 is 1.70. The van der Waals surface area contributed by atoms with Crippen molar-refractivity contribution >= 4 is 11.8 Å². The maximum absolute atomic E-state index is 4.22. The van der Waals surface area contributed by atoms with Crippen molar-refractivity contribution in [3.63, 3.8) is 0 Å². The summed E-state index contributed by atoms with van der Waals surface area (Å²) in [5.74, 6) is 1.63. The van der Waals surface area contributed by atoms with E-state index >= 15 is 0 Å². The smallest absolute Gasteiger partial charge is 0.175 e. The molecule has 2 aromatic heterocycles. The second kappa shape index (κ2) is 5.88. The van der Waals surface area contributed by atoms with Crippen molar-refractivity contribution in [3.8, 4) is 5.82 Å². The number of benzene rings is 1. The zero-order valence-corrected chi connectivity index (χ0v) is 11.9. The second-order valence-corrected chi connectivity index (χ2v) is 5.45. The van der Waals surface area contributed by atoms with Crippen LogP contribution in [0.15, 0.2) is 59.9 Å². The number of hydrogen-bond donors (Lipinski definition) is 0. The van der Waals surface area contributed by atoms with Gasteiger partial charge >= 0.3 is 0 Å². The molecule has 20 heavy (non-hydrogen) atoms. The van der Waals surface area contributed by atoms with Gasteiger partial charge in [-0.15, -0.1) is 10.2 Å². The molecule has 3 aromatic rings. The molecule has 0 bridgehead atoms. The molecule has 0 radical (unpaired) electrons. The van der Waals surface area contributed by atoms with Crippen molar-refractivity contribution in [2.24, 2.45) is 0 Å². The molecule has 0 saturated carbocycles. The molecule has 0 unspecified atom stereocenters. The fourth-order valence-corrected chi connectivity index (χ4v) is 2.63. The zero-order chi connectivity index (χ0) is 13.8. The van der Waals surface area contributed by atoms with E-state index in [1.54, 1.807) is 22.6 Å². The molecule has 0 amide bonds. The minimum absolute atomic E-state index is 0.731. The highest BCUT2D eigenvalue weighted by atomic mass is 32.2. The lowest BCUT2D eigenvalue weighted by molar-refractivity contribution is 0.792. The molecule has 0 atom stereocenters. The van der Waals surface area contributed by atoms with Gasteiger partial charge in [0, 0.05) is 18.1 Å². The van der Waals surface area contributed by atoms with Crippen LogP contribution in [0.5, 0.6) is 0 Å². The predicted octanol–water partition coefficient (Wildman–Crippen LogP) is 3.26. The van der Waals surface area contributed by atoms with Gasteiger partial charge in [-0.3, -0.25) is 0 Å². The van der Waals surface area contributed by atoms with Gasteiger partial charge in [-0.25, -0.2) is 4.68 Å². The molecule has 2 heterocycles. The van der Waals surface area contributed by atoms with Gasteiger partial charge in [0.05, 0.1) is 0 Å². The van der Waals surface area contributed by atoms with E-state index < -0.39 is 0 Å². The molecular weight excluding hydrogens is 268 g/mol. The van der Waals surface area contributed by atoms with E-state index in [0.29, 0.717) is 0 Å². The van der Waals surface area contributed by atoms with Crippen LogP contribution in [0.4, 0.5) is 0 Å². The van der Waals surface area contributed by atoms with Crippen molar-refractivity contribution in [2.45, 2.75) is 17.7 Å². The first-order chi connectivity index (χ1) is 9.81. The number of nitrogens with zero attached hydrogens (tertiary/aromatic N) is 4. The van der Waals surface area contributed by atoms with Crippen molar-refractivity contribution in [2.75, 3.05) is 0 Å². The van der Waals surface area contributed by atoms with Crippen molar-refractivity contribution in [3.05, 3.63) is 66.0 Å². The number of rotatable bonds is 4. The third kappa shape index (κ3) is 3.05. The molecule has 4 nitrogen and oxygen atoms in total. The molecule has 0 aliphatic carbocycles. The summed E-state index contributed by atoms with van der Waals surface area (Å²) >= 11 is 1.68. The van der Waals surface area contributed by atoms with Crippen LogP contribution < -0.4 is 0 Å². The maximum atomic E-state index is 4.22. The summed E-state index contributed by atoms with van der Waals surface area (Å²) in [6.07, 6.45) is 3.58. The average Bonchev–Trinajstić information content (AvgIpc) is 3.00. The summed E-state index contributed by atoms with van der Waals surface area (Å²) in [4.78, 5) is 0. The summed E-state index contributed by atoms with van der Waals surface area (Å²) in [5, 5.41) is 13.5. The van der Waals surface area contributed by atoms with Gasteiger partial charge in [0.2, 0.25) is 0 Å². The lowest BCUT2D eigenvalue weighted by Crippen LogP contribution is -1.99. The number of thioether (sulfide) groups is 1. The summed E-state index contributed by atoms with van der Waals surface area (Å²) in [5.41, 5.74) is 2.58. The third-order valence-corrected chi connectivity index (χ3v) is 3.83. The van der Waals surface area contributed by atoms with Crippen LogP contribution in [0, 0.1) is 6.92 Å². The van der Waals surface area contributed by atoms with Crippen molar-refractivity contribution in [1.29, 1.82) is 0 Å². The molecule has 0 aliphatic rings. The van der Waals surface area contributed by atoms with Crippen LogP contribution in [0.2, 0.25) is 0 Å². The first kappa shape index (κ1) is 12.9.